The molecule has 1 unspecified atom stereocenters. The predicted molar refractivity (Wildman–Crippen MR) is 70.0 cm³/mol. The highest BCUT2D eigenvalue weighted by atomic mass is 32.2. The van der Waals surface area contributed by atoms with Crippen LogP contribution in [0.1, 0.15) is 26.5 Å². The van der Waals surface area contributed by atoms with E-state index in [1.54, 1.807) is 11.3 Å². The van der Waals surface area contributed by atoms with E-state index >= 15 is 0 Å². The average molecular weight is 258 g/mol. The molecule has 1 N–H and O–H groups in total. The minimum atomic E-state index is 0.0825. The molecule has 0 aliphatic heterocycles. The van der Waals surface area contributed by atoms with Crippen LogP contribution >= 0.6 is 23.1 Å². The van der Waals surface area contributed by atoms with Crippen LogP contribution in [0.2, 0.25) is 0 Å². The fourth-order valence-corrected chi connectivity index (χ4v) is 2.65. The van der Waals surface area contributed by atoms with Crippen LogP contribution in [0.15, 0.2) is 9.72 Å². The minimum absolute atomic E-state index is 0.0825. The van der Waals surface area contributed by atoms with Gasteiger partial charge < -0.3 is 5.32 Å². The number of carbonyl (C=O) groups excluding carboxylic acids is 1. The largest absolute Gasteiger partial charge is 0.353 e. The summed E-state index contributed by atoms with van der Waals surface area (Å²) in [4.78, 5) is 15.9. The van der Waals surface area contributed by atoms with Gasteiger partial charge in [0.15, 0.2) is 4.34 Å². The molecule has 0 saturated carbocycles. The molecule has 5 heteroatoms. The lowest BCUT2D eigenvalue weighted by molar-refractivity contribution is -0.119. The van der Waals surface area contributed by atoms with E-state index < -0.39 is 0 Å². The number of aromatic nitrogens is 1. The number of aryl methyl sites for hydroxylation is 1. The summed E-state index contributed by atoms with van der Waals surface area (Å²) in [6.45, 7) is 8.19. The van der Waals surface area contributed by atoms with Crippen molar-refractivity contribution in [2.75, 3.05) is 5.75 Å². The summed E-state index contributed by atoms with van der Waals surface area (Å²) in [5.74, 6) is 0.999. The van der Waals surface area contributed by atoms with E-state index in [-0.39, 0.29) is 11.9 Å². The van der Waals surface area contributed by atoms with E-state index in [1.807, 2.05) is 19.2 Å². The van der Waals surface area contributed by atoms with Crippen LogP contribution in [0.5, 0.6) is 0 Å². The molecule has 0 radical (unpaired) electrons. The molecular weight excluding hydrogens is 240 g/mol. The van der Waals surface area contributed by atoms with Crippen LogP contribution in [0.4, 0.5) is 0 Å². The van der Waals surface area contributed by atoms with E-state index in [4.69, 9.17) is 0 Å². The summed E-state index contributed by atoms with van der Waals surface area (Å²) < 4.78 is 0.963. The number of rotatable bonds is 5. The predicted octanol–water partition coefficient (Wildman–Crippen LogP) is 2.70. The van der Waals surface area contributed by atoms with Crippen molar-refractivity contribution in [1.82, 2.24) is 10.3 Å². The SMILES string of the molecule is Cc1csc(SCC(=O)NC(C)C(C)C)n1. The van der Waals surface area contributed by atoms with Gasteiger partial charge in [0.2, 0.25) is 5.91 Å². The van der Waals surface area contributed by atoms with Gasteiger partial charge in [0.05, 0.1) is 5.75 Å². The molecule has 0 spiro atoms. The maximum Gasteiger partial charge on any atom is 0.230 e. The number of hydrogen-bond acceptors (Lipinski definition) is 4. The molecule has 16 heavy (non-hydrogen) atoms. The van der Waals surface area contributed by atoms with Crippen LogP contribution in [0, 0.1) is 12.8 Å². The number of carbonyl (C=O) groups is 1. The topological polar surface area (TPSA) is 42.0 Å². The molecule has 0 saturated heterocycles. The maximum absolute atomic E-state index is 11.6. The first kappa shape index (κ1) is 13.5. The van der Waals surface area contributed by atoms with Gasteiger partial charge in [-0.25, -0.2) is 4.98 Å². The van der Waals surface area contributed by atoms with Gasteiger partial charge in [0.25, 0.3) is 0 Å². The third-order valence-corrected chi connectivity index (χ3v) is 4.45. The molecule has 0 aliphatic carbocycles. The van der Waals surface area contributed by atoms with E-state index in [0.29, 0.717) is 11.7 Å². The highest BCUT2D eigenvalue weighted by Gasteiger charge is 2.11. The van der Waals surface area contributed by atoms with Crippen molar-refractivity contribution in [3.05, 3.63) is 11.1 Å². The van der Waals surface area contributed by atoms with Gasteiger partial charge in [0.1, 0.15) is 0 Å². The summed E-state index contributed by atoms with van der Waals surface area (Å²) in [6, 6.07) is 0.228. The summed E-state index contributed by atoms with van der Waals surface area (Å²) in [5.41, 5.74) is 1.02. The van der Waals surface area contributed by atoms with Gasteiger partial charge in [0, 0.05) is 17.1 Å². The Morgan fingerprint density at radius 1 is 1.56 bits per heavy atom. The fourth-order valence-electron chi connectivity index (χ4n) is 0.988. The molecule has 0 aliphatic rings. The fraction of sp³-hybridized carbons (Fsp3) is 0.636. The standard InChI is InChI=1S/C11H18N2OS2/c1-7(2)9(4)13-10(14)6-16-11-12-8(3)5-15-11/h5,7,9H,6H2,1-4H3,(H,13,14). The van der Waals surface area contributed by atoms with Crippen molar-refractivity contribution in [1.29, 1.82) is 0 Å². The Hall–Kier alpha value is -0.550. The Kier molecular flexibility index (Phi) is 5.28. The van der Waals surface area contributed by atoms with Crippen molar-refractivity contribution in [3.8, 4) is 0 Å². The maximum atomic E-state index is 11.6. The molecule has 1 aromatic rings. The highest BCUT2D eigenvalue weighted by molar-refractivity contribution is 8.01. The highest BCUT2D eigenvalue weighted by Crippen LogP contribution is 2.21. The molecule has 0 aromatic carbocycles. The Morgan fingerprint density at radius 3 is 2.75 bits per heavy atom. The molecule has 0 bridgehead atoms. The monoisotopic (exact) mass is 258 g/mol. The second-order valence-electron chi connectivity index (χ2n) is 4.14. The number of hydrogen-bond donors (Lipinski definition) is 1. The lowest BCUT2D eigenvalue weighted by Gasteiger charge is -2.16. The number of amides is 1. The molecule has 1 amide bonds. The Labute approximate surface area is 105 Å². The van der Waals surface area contributed by atoms with Crippen molar-refractivity contribution in [3.63, 3.8) is 0 Å². The molecule has 1 rings (SSSR count). The van der Waals surface area contributed by atoms with Crippen molar-refractivity contribution < 1.29 is 4.79 Å². The lowest BCUT2D eigenvalue weighted by Crippen LogP contribution is -2.37. The first-order valence-corrected chi connectivity index (χ1v) is 7.20. The summed E-state index contributed by atoms with van der Waals surface area (Å²) in [7, 11) is 0. The summed E-state index contributed by atoms with van der Waals surface area (Å²) in [6.07, 6.45) is 0. The van der Waals surface area contributed by atoms with Crippen molar-refractivity contribution in [2.45, 2.75) is 38.1 Å². The van der Waals surface area contributed by atoms with Crippen LogP contribution in [0.25, 0.3) is 0 Å². The molecule has 1 atom stereocenters. The summed E-state index contributed by atoms with van der Waals surface area (Å²) in [5, 5.41) is 4.97. The molecule has 1 aromatic heterocycles. The third kappa shape index (κ3) is 4.53. The third-order valence-electron chi connectivity index (χ3n) is 2.31. The quantitative estimate of drug-likeness (QED) is 0.826. The van der Waals surface area contributed by atoms with Crippen LogP contribution in [-0.4, -0.2) is 22.7 Å². The van der Waals surface area contributed by atoms with Crippen molar-refractivity contribution in [2.24, 2.45) is 5.92 Å². The van der Waals surface area contributed by atoms with Gasteiger partial charge in [-0.2, -0.15) is 0 Å². The van der Waals surface area contributed by atoms with Gasteiger partial charge >= 0.3 is 0 Å². The minimum Gasteiger partial charge on any atom is -0.353 e. The van der Waals surface area contributed by atoms with Gasteiger partial charge in [-0.3, -0.25) is 4.79 Å². The molecule has 90 valence electrons. The molecule has 1 heterocycles. The van der Waals surface area contributed by atoms with E-state index in [2.05, 4.69) is 24.1 Å². The smallest absolute Gasteiger partial charge is 0.230 e. The Bertz CT molecular complexity index is 350. The zero-order valence-electron chi connectivity index (χ0n) is 10.1. The van der Waals surface area contributed by atoms with E-state index in [1.165, 1.54) is 11.8 Å². The lowest BCUT2D eigenvalue weighted by atomic mass is 10.1. The van der Waals surface area contributed by atoms with Gasteiger partial charge in [-0.15, -0.1) is 11.3 Å². The number of nitrogens with one attached hydrogen (secondary N) is 1. The summed E-state index contributed by atoms with van der Waals surface area (Å²) >= 11 is 3.09. The van der Waals surface area contributed by atoms with E-state index in [9.17, 15) is 4.79 Å². The second kappa shape index (κ2) is 6.25. The van der Waals surface area contributed by atoms with Crippen molar-refractivity contribution >= 4 is 29.0 Å². The number of thioether (sulfide) groups is 1. The van der Waals surface area contributed by atoms with Gasteiger partial charge in [-0.1, -0.05) is 25.6 Å². The molecule has 0 fully saturated rings. The second-order valence-corrected chi connectivity index (χ2v) is 6.22. The molecule has 3 nitrogen and oxygen atoms in total. The van der Waals surface area contributed by atoms with E-state index in [0.717, 1.165) is 10.0 Å². The number of nitrogens with zero attached hydrogens (tertiary/aromatic N) is 1. The van der Waals surface area contributed by atoms with Crippen LogP contribution < -0.4 is 5.32 Å². The molecular formula is C11H18N2OS2. The van der Waals surface area contributed by atoms with Crippen LogP contribution in [-0.2, 0) is 4.79 Å². The first-order valence-electron chi connectivity index (χ1n) is 5.33. The first-order chi connectivity index (χ1) is 7.49. The average Bonchev–Trinajstić information content (AvgIpc) is 2.61. The normalized spacial score (nSPS) is 12.8. The number of thiazole rings is 1. The van der Waals surface area contributed by atoms with Crippen LogP contribution in [0.3, 0.4) is 0 Å². The zero-order valence-corrected chi connectivity index (χ0v) is 11.7. The Balaban J connectivity index is 2.30. The zero-order chi connectivity index (χ0) is 12.1. The van der Waals surface area contributed by atoms with Gasteiger partial charge in [-0.05, 0) is 19.8 Å². The Morgan fingerprint density at radius 2 is 2.25 bits per heavy atom.